The molecule has 1 rings (SSSR count). The number of nitrogens with one attached hydrogen (secondary N) is 2. The highest BCUT2D eigenvalue weighted by Gasteiger charge is 2.06. The molecule has 0 radical (unpaired) electrons. The highest BCUT2D eigenvalue weighted by molar-refractivity contribution is 6.30. The molecule has 1 amide bonds. The molecule has 1 aromatic heterocycles. The molecule has 0 bridgehead atoms. The number of hydrogen-bond donors (Lipinski definition) is 3. The van der Waals surface area contributed by atoms with Crippen LogP contribution in [0.25, 0.3) is 0 Å². The van der Waals surface area contributed by atoms with Crippen LogP contribution < -0.4 is 5.32 Å². The Labute approximate surface area is 97.8 Å². The SMILES string of the molecule is O=C(O)CCCCNC(=O)c1cc(Cl)c[nH]1. The maximum Gasteiger partial charge on any atom is 0.303 e. The van der Waals surface area contributed by atoms with E-state index in [1.54, 1.807) is 0 Å². The monoisotopic (exact) mass is 244 g/mol. The molecule has 0 aliphatic carbocycles. The van der Waals surface area contributed by atoms with Crippen LogP contribution in [0.15, 0.2) is 12.3 Å². The lowest BCUT2D eigenvalue weighted by Gasteiger charge is -2.02. The lowest BCUT2D eigenvalue weighted by atomic mass is 10.2. The van der Waals surface area contributed by atoms with Crippen molar-refractivity contribution in [3.63, 3.8) is 0 Å². The molecule has 0 atom stereocenters. The zero-order chi connectivity index (χ0) is 12.0. The molecule has 0 aliphatic heterocycles. The van der Waals surface area contributed by atoms with Crippen LogP contribution in [0, 0.1) is 0 Å². The number of halogens is 1. The third kappa shape index (κ3) is 4.35. The predicted octanol–water partition coefficient (Wildman–Crippen LogP) is 1.65. The van der Waals surface area contributed by atoms with Gasteiger partial charge in [-0.1, -0.05) is 11.6 Å². The molecule has 6 heteroatoms. The Morgan fingerprint density at radius 2 is 2.19 bits per heavy atom. The maximum absolute atomic E-state index is 11.4. The summed E-state index contributed by atoms with van der Waals surface area (Å²) >= 11 is 5.65. The van der Waals surface area contributed by atoms with Gasteiger partial charge >= 0.3 is 5.97 Å². The molecule has 0 aromatic carbocycles. The van der Waals surface area contributed by atoms with Gasteiger partial charge in [0, 0.05) is 19.2 Å². The zero-order valence-corrected chi connectivity index (χ0v) is 9.38. The summed E-state index contributed by atoms with van der Waals surface area (Å²) < 4.78 is 0. The number of rotatable bonds is 6. The zero-order valence-electron chi connectivity index (χ0n) is 8.62. The van der Waals surface area contributed by atoms with Crippen LogP contribution >= 0.6 is 11.6 Å². The van der Waals surface area contributed by atoms with Crippen molar-refractivity contribution < 1.29 is 14.7 Å². The summed E-state index contributed by atoms with van der Waals surface area (Å²) in [4.78, 5) is 24.4. The fourth-order valence-corrected chi connectivity index (χ4v) is 1.36. The lowest BCUT2D eigenvalue weighted by Crippen LogP contribution is -2.24. The molecule has 1 heterocycles. The van der Waals surface area contributed by atoms with Crippen molar-refractivity contribution in [1.29, 1.82) is 0 Å². The Balaban J connectivity index is 2.18. The molecule has 0 saturated heterocycles. The Morgan fingerprint density at radius 1 is 1.44 bits per heavy atom. The molecular weight excluding hydrogens is 232 g/mol. The van der Waals surface area contributed by atoms with Gasteiger partial charge in [0.25, 0.3) is 5.91 Å². The van der Waals surface area contributed by atoms with Crippen LogP contribution in [0.3, 0.4) is 0 Å². The minimum atomic E-state index is -0.817. The lowest BCUT2D eigenvalue weighted by molar-refractivity contribution is -0.137. The summed E-state index contributed by atoms with van der Waals surface area (Å²) in [6.45, 7) is 0.461. The van der Waals surface area contributed by atoms with E-state index in [0.717, 1.165) is 0 Å². The molecule has 1 aromatic rings. The number of amides is 1. The van der Waals surface area contributed by atoms with Crippen molar-refractivity contribution in [1.82, 2.24) is 10.3 Å². The second-order valence-electron chi connectivity index (χ2n) is 3.34. The Kier molecular flexibility index (Phi) is 4.85. The quantitative estimate of drug-likeness (QED) is 0.666. The van der Waals surface area contributed by atoms with Gasteiger partial charge in [0.05, 0.1) is 5.02 Å². The van der Waals surface area contributed by atoms with Gasteiger partial charge in [0.2, 0.25) is 0 Å². The van der Waals surface area contributed by atoms with Crippen molar-refractivity contribution in [3.05, 3.63) is 23.0 Å². The molecule has 0 aliphatic rings. The highest BCUT2D eigenvalue weighted by atomic mass is 35.5. The average molecular weight is 245 g/mol. The first-order valence-corrected chi connectivity index (χ1v) is 5.31. The predicted molar refractivity (Wildman–Crippen MR) is 59.6 cm³/mol. The van der Waals surface area contributed by atoms with Gasteiger partial charge in [-0.3, -0.25) is 9.59 Å². The molecule has 0 spiro atoms. The molecule has 5 nitrogen and oxygen atoms in total. The normalized spacial score (nSPS) is 10.1. The number of aliphatic carboxylic acids is 1. The molecule has 0 unspecified atom stereocenters. The maximum atomic E-state index is 11.4. The Morgan fingerprint density at radius 3 is 2.75 bits per heavy atom. The number of unbranched alkanes of at least 4 members (excludes halogenated alkanes) is 1. The number of aromatic amines is 1. The number of carbonyl (C=O) groups is 2. The molecule has 16 heavy (non-hydrogen) atoms. The second kappa shape index (κ2) is 6.17. The van der Waals surface area contributed by atoms with Crippen LogP contribution in [0.4, 0.5) is 0 Å². The molecule has 0 saturated carbocycles. The van der Waals surface area contributed by atoms with E-state index in [0.29, 0.717) is 30.1 Å². The third-order valence-corrected chi connectivity index (χ3v) is 2.21. The first kappa shape index (κ1) is 12.6. The number of aromatic nitrogens is 1. The van der Waals surface area contributed by atoms with Crippen LogP contribution in [0.5, 0.6) is 0 Å². The number of carboxylic acids is 1. The average Bonchev–Trinajstić information content (AvgIpc) is 2.63. The highest BCUT2D eigenvalue weighted by Crippen LogP contribution is 2.08. The minimum Gasteiger partial charge on any atom is -0.481 e. The smallest absolute Gasteiger partial charge is 0.303 e. The van der Waals surface area contributed by atoms with Crippen LogP contribution in [-0.2, 0) is 4.79 Å². The molecule has 0 fully saturated rings. The Bertz CT molecular complexity index is 376. The van der Waals surface area contributed by atoms with E-state index in [1.807, 2.05) is 0 Å². The van der Waals surface area contributed by atoms with E-state index in [4.69, 9.17) is 16.7 Å². The van der Waals surface area contributed by atoms with Gasteiger partial charge in [-0.05, 0) is 18.9 Å². The van der Waals surface area contributed by atoms with Crippen molar-refractivity contribution in [2.75, 3.05) is 6.54 Å². The molecular formula is C10H13ClN2O3. The standard InChI is InChI=1S/C10H13ClN2O3/c11-7-5-8(13-6-7)10(16)12-4-2-1-3-9(14)15/h5-6,13H,1-4H2,(H,12,16)(H,14,15). The van der Waals surface area contributed by atoms with Gasteiger partial charge in [0.15, 0.2) is 0 Å². The van der Waals surface area contributed by atoms with Gasteiger partial charge in [0.1, 0.15) is 5.69 Å². The fourth-order valence-electron chi connectivity index (χ4n) is 1.20. The molecule has 3 N–H and O–H groups in total. The number of carboxylic acid groups (broad SMARTS) is 1. The van der Waals surface area contributed by atoms with E-state index in [9.17, 15) is 9.59 Å². The molecule has 88 valence electrons. The number of H-pyrrole nitrogens is 1. The van der Waals surface area contributed by atoms with Crippen molar-refractivity contribution in [2.24, 2.45) is 0 Å². The van der Waals surface area contributed by atoms with E-state index in [1.165, 1.54) is 12.3 Å². The van der Waals surface area contributed by atoms with Crippen LogP contribution in [0.1, 0.15) is 29.8 Å². The second-order valence-corrected chi connectivity index (χ2v) is 3.77. The summed E-state index contributed by atoms with van der Waals surface area (Å²) in [6.07, 6.45) is 2.86. The summed E-state index contributed by atoms with van der Waals surface area (Å²) in [5.41, 5.74) is 0.406. The van der Waals surface area contributed by atoms with E-state index in [2.05, 4.69) is 10.3 Å². The largest absolute Gasteiger partial charge is 0.481 e. The van der Waals surface area contributed by atoms with Crippen LogP contribution in [0.2, 0.25) is 5.02 Å². The number of carbonyl (C=O) groups excluding carboxylic acids is 1. The topological polar surface area (TPSA) is 82.2 Å². The summed E-state index contributed by atoms with van der Waals surface area (Å²) in [5, 5.41) is 11.5. The summed E-state index contributed by atoms with van der Waals surface area (Å²) in [6, 6.07) is 1.54. The van der Waals surface area contributed by atoms with Gasteiger partial charge in [-0.2, -0.15) is 0 Å². The van der Waals surface area contributed by atoms with Crippen LogP contribution in [-0.4, -0.2) is 28.5 Å². The van der Waals surface area contributed by atoms with Crippen molar-refractivity contribution in [3.8, 4) is 0 Å². The van der Waals surface area contributed by atoms with Gasteiger partial charge in [-0.25, -0.2) is 0 Å². The first-order valence-electron chi connectivity index (χ1n) is 4.93. The van der Waals surface area contributed by atoms with Gasteiger partial charge < -0.3 is 15.4 Å². The Hall–Kier alpha value is -1.49. The fraction of sp³-hybridized carbons (Fsp3) is 0.400. The van der Waals surface area contributed by atoms with Crippen molar-refractivity contribution in [2.45, 2.75) is 19.3 Å². The summed E-state index contributed by atoms with van der Waals surface area (Å²) in [5.74, 6) is -1.05. The van der Waals surface area contributed by atoms with E-state index >= 15 is 0 Å². The van der Waals surface area contributed by atoms with E-state index < -0.39 is 5.97 Å². The third-order valence-electron chi connectivity index (χ3n) is 2.00. The number of hydrogen-bond acceptors (Lipinski definition) is 2. The van der Waals surface area contributed by atoms with E-state index in [-0.39, 0.29) is 12.3 Å². The van der Waals surface area contributed by atoms with Gasteiger partial charge in [-0.15, -0.1) is 0 Å². The summed E-state index contributed by atoms with van der Waals surface area (Å²) in [7, 11) is 0. The first-order chi connectivity index (χ1) is 7.59. The van der Waals surface area contributed by atoms with Crippen molar-refractivity contribution >= 4 is 23.5 Å². The minimum absolute atomic E-state index is 0.129.